The number of hydrogen-bond donors (Lipinski definition) is 1. The number of phenols is 1. The molecule has 0 radical (unpaired) electrons. The van der Waals surface area contributed by atoms with Crippen molar-refractivity contribution in [2.75, 3.05) is 5.06 Å². The summed E-state index contributed by atoms with van der Waals surface area (Å²) in [5.41, 5.74) is 0.927. The molecule has 76 valence electrons. The maximum Gasteiger partial charge on any atom is 0.228 e. The third-order valence-electron chi connectivity index (χ3n) is 2.41. The molecule has 1 aliphatic rings. The van der Waals surface area contributed by atoms with Gasteiger partial charge in [0.05, 0.1) is 5.69 Å². The summed E-state index contributed by atoms with van der Waals surface area (Å²) >= 11 is 0. The molecule has 0 saturated carbocycles. The maximum atomic E-state index is 9.17. The van der Waals surface area contributed by atoms with Gasteiger partial charge in [-0.05, 0) is 30.3 Å². The molecule has 0 bridgehead atoms. The predicted octanol–water partition coefficient (Wildman–Crippen LogP) is 1.97. The smallest absolute Gasteiger partial charge is 0.228 e. The van der Waals surface area contributed by atoms with Gasteiger partial charge >= 0.3 is 0 Å². The van der Waals surface area contributed by atoms with Crippen LogP contribution in [0.5, 0.6) is 11.6 Å². The number of hydroxylamine groups is 1. The third-order valence-corrected chi connectivity index (χ3v) is 2.41. The van der Waals surface area contributed by atoms with Crippen LogP contribution in [0.4, 0.5) is 5.69 Å². The van der Waals surface area contributed by atoms with Gasteiger partial charge in [0.15, 0.2) is 0 Å². The van der Waals surface area contributed by atoms with Gasteiger partial charge < -0.3 is 9.94 Å². The van der Waals surface area contributed by atoms with Crippen LogP contribution in [0, 0.1) is 0 Å². The van der Waals surface area contributed by atoms with E-state index in [1.165, 1.54) is 0 Å². The third kappa shape index (κ3) is 1.30. The average Bonchev–Trinajstić information content (AvgIpc) is 2.78. The van der Waals surface area contributed by atoms with E-state index < -0.39 is 0 Å². The normalized spacial score (nSPS) is 13.7. The van der Waals surface area contributed by atoms with E-state index in [4.69, 9.17) is 9.94 Å². The summed E-state index contributed by atoms with van der Waals surface area (Å²) < 4.78 is 2.01. The Morgan fingerprint density at radius 2 is 1.93 bits per heavy atom. The first-order valence-electron chi connectivity index (χ1n) is 4.72. The van der Waals surface area contributed by atoms with Crippen molar-refractivity contribution in [3.63, 3.8) is 0 Å². The van der Waals surface area contributed by atoms with E-state index in [1.807, 2.05) is 35.0 Å². The number of aromatic hydroxyl groups is 1. The first-order valence-corrected chi connectivity index (χ1v) is 4.72. The van der Waals surface area contributed by atoms with E-state index in [1.54, 1.807) is 17.2 Å². The van der Waals surface area contributed by atoms with Crippen molar-refractivity contribution in [2.24, 2.45) is 0 Å². The van der Waals surface area contributed by atoms with Gasteiger partial charge in [-0.2, -0.15) is 5.06 Å². The average molecular weight is 202 g/mol. The lowest BCUT2D eigenvalue weighted by Crippen LogP contribution is -2.21. The zero-order valence-corrected chi connectivity index (χ0v) is 8.00. The number of anilines is 1. The molecule has 0 fully saturated rings. The van der Waals surface area contributed by atoms with Crippen LogP contribution in [-0.2, 0) is 6.67 Å². The number of benzene rings is 1. The summed E-state index contributed by atoms with van der Waals surface area (Å²) in [7, 11) is 0. The molecule has 1 aromatic heterocycles. The van der Waals surface area contributed by atoms with E-state index >= 15 is 0 Å². The highest BCUT2D eigenvalue weighted by Gasteiger charge is 2.19. The number of rotatable bonds is 1. The molecular weight excluding hydrogens is 192 g/mol. The minimum Gasteiger partial charge on any atom is -0.508 e. The van der Waals surface area contributed by atoms with Crippen molar-refractivity contribution in [2.45, 2.75) is 6.67 Å². The SMILES string of the molecule is Oc1ccc(N2Cn3cccc3O2)cc1. The van der Waals surface area contributed by atoms with E-state index in [0.29, 0.717) is 6.67 Å². The van der Waals surface area contributed by atoms with Crippen molar-refractivity contribution >= 4 is 5.69 Å². The lowest BCUT2D eigenvalue weighted by molar-refractivity contribution is 0.308. The number of aromatic nitrogens is 1. The number of nitrogens with zero attached hydrogens (tertiary/aromatic N) is 2. The molecular formula is C11H10N2O2. The molecule has 0 unspecified atom stereocenters. The highest BCUT2D eigenvalue weighted by molar-refractivity contribution is 5.47. The molecule has 2 heterocycles. The Balaban J connectivity index is 1.87. The Morgan fingerprint density at radius 1 is 1.13 bits per heavy atom. The van der Waals surface area contributed by atoms with E-state index in [9.17, 15) is 0 Å². The summed E-state index contributed by atoms with van der Waals surface area (Å²) in [5.74, 6) is 1.10. The standard InChI is InChI=1S/C11H10N2O2/c14-10-5-3-9(4-6-10)13-8-12-7-1-2-11(12)15-13/h1-7,14H,8H2. The van der Waals surface area contributed by atoms with E-state index in [2.05, 4.69) is 0 Å². The van der Waals surface area contributed by atoms with Gasteiger partial charge in [-0.1, -0.05) is 0 Å². The molecule has 4 nitrogen and oxygen atoms in total. The van der Waals surface area contributed by atoms with Crippen LogP contribution < -0.4 is 9.90 Å². The molecule has 0 aliphatic carbocycles. The van der Waals surface area contributed by atoms with E-state index in [0.717, 1.165) is 11.6 Å². The summed E-state index contributed by atoms with van der Waals surface area (Å²) in [6.45, 7) is 0.674. The fourth-order valence-corrected chi connectivity index (χ4v) is 1.63. The number of phenolic OH excluding ortho intramolecular Hbond substituents is 1. The second-order valence-corrected chi connectivity index (χ2v) is 3.44. The first kappa shape index (κ1) is 8.23. The quantitative estimate of drug-likeness (QED) is 0.768. The van der Waals surface area contributed by atoms with Gasteiger partial charge in [0.2, 0.25) is 5.88 Å². The topological polar surface area (TPSA) is 37.6 Å². The summed E-state index contributed by atoms with van der Waals surface area (Å²) in [6.07, 6.45) is 1.97. The van der Waals surface area contributed by atoms with Crippen molar-refractivity contribution in [3.8, 4) is 11.6 Å². The lowest BCUT2D eigenvalue weighted by Gasteiger charge is -2.15. The van der Waals surface area contributed by atoms with Crippen LogP contribution in [0.3, 0.4) is 0 Å². The van der Waals surface area contributed by atoms with Gasteiger partial charge in [-0.3, -0.25) is 4.57 Å². The van der Waals surface area contributed by atoms with Crippen LogP contribution in [-0.4, -0.2) is 9.67 Å². The maximum absolute atomic E-state index is 9.17. The highest BCUT2D eigenvalue weighted by Crippen LogP contribution is 2.27. The molecule has 0 spiro atoms. The largest absolute Gasteiger partial charge is 0.508 e. The Labute approximate surface area is 86.9 Å². The van der Waals surface area contributed by atoms with Gasteiger partial charge in [0, 0.05) is 12.3 Å². The predicted molar refractivity (Wildman–Crippen MR) is 55.6 cm³/mol. The molecule has 0 atom stereocenters. The fraction of sp³-hybridized carbons (Fsp3) is 0.0909. The van der Waals surface area contributed by atoms with Crippen LogP contribution in [0.1, 0.15) is 0 Å². The van der Waals surface area contributed by atoms with Gasteiger partial charge in [-0.15, -0.1) is 0 Å². The second-order valence-electron chi connectivity index (χ2n) is 3.44. The van der Waals surface area contributed by atoms with E-state index in [-0.39, 0.29) is 5.75 Å². The highest BCUT2D eigenvalue weighted by atomic mass is 16.7. The van der Waals surface area contributed by atoms with Crippen molar-refractivity contribution in [3.05, 3.63) is 42.6 Å². The molecule has 1 aliphatic heterocycles. The number of hydrogen-bond acceptors (Lipinski definition) is 3. The van der Waals surface area contributed by atoms with Crippen LogP contribution in [0.2, 0.25) is 0 Å². The lowest BCUT2D eigenvalue weighted by atomic mass is 10.3. The number of fused-ring (bicyclic) bond motifs is 1. The molecule has 0 amide bonds. The Bertz CT molecular complexity index is 455. The first-order chi connectivity index (χ1) is 7.33. The summed E-state index contributed by atoms with van der Waals surface area (Å²) in [4.78, 5) is 5.59. The molecule has 15 heavy (non-hydrogen) atoms. The van der Waals surface area contributed by atoms with Crippen LogP contribution in [0.15, 0.2) is 42.6 Å². The molecule has 2 aromatic rings. The molecule has 4 heteroatoms. The van der Waals surface area contributed by atoms with Crippen LogP contribution in [0.25, 0.3) is 0 Å². The summed E-state index contributed by atoms with van der Waals surface area (Å²) in [6, 6.07) is 10.8. The molecule has 1 aromatic carbocycles. The van der Waals surface area contributed by atoms with Crippen molar-refractivity contribution in [1.29, 1.82) is 0 Å². The van der Waals surface area contributed by atoms with Crippen LogP contribution >= 0.6 is 0 Å². The minimum atomic E-state index is 0.262. The summed E-state index contributed by atoms with van der Waals surface area (Å²) in [5, 5.41) is 10.9. The van der Waals surface area contributed by atoms with Gasteiger partial charge in [0.1, 0.15) is 12.4 Å². The molecule has 1 N–H and O–H groups in total. The van der Waals surface area contributed by atoms with Gasteiger partial charge in [-0.25, -0.2) is 0 Å². The fourth-order valence-electron chi connectivity index (χ4n) is 1.63. The van der Waals surface area contributed by atoms with Crippen molar-refractivity contribution in [1.82, 2.24) is 4.57 Å². The Hall–Kier alpha value is -2.10. The monoisotopic (exact) mass is 202 g/mol. The van der Waals surface area contributed by atoms with Gasteiger partial charge in [0.25, 0.3) is 0 Å². The Kier molecular flexibility index (Phi) is 1.62. The molecule has 0 saturated heterocycles. The molecule has 3 rings (SSSR count). The van der Waals surface area contributed by atoms with Crippen molar-refractivity contribution < 1.29 is 9.94 Å². The zero-order chi connectivity index (χ0) is 10.3. The minimum absolute atomic E-state index is 0.262. The second kappa shape index (κ2) is 2.95. The zero-order valence-electron chi connectivity index (χ0n) is 8.00. The Morgan fingerprint density at radius 3 is 2.67 bits per heavy atom.